The second-order valence-electron chi connectivity index (χ2n) is 6.52. The predicted octanol–water partition coefficient (Wildman–Crippen LogP) is 3.65. The molecule has 5 nitrogen and oxygen atoms in total. The van der Waals surface area contributed by atoms with E-state index in [1.54, 1.807) is 17.6 Å². The van der Waals surface area contributed by atoms with Crippen LogP contribution in [0.15, 0.2) is 54.6 Å². The first-order valence-electron chi connectivity index (χ1n) is 8.39. The topological polar surface area (TPSA) is 78.4 Å². The molecule has 0 aliphatic carbocycles. The molecule has 0 saturated carbocycles. The Morgan fingerprint density at radius 3 is 2.20 bits per heavy atom. The van der Waals surface area contributed by atoms with Crippen molar-refractivity contribution >= 4 is 17.5 Å². The molecule has 25 heavy (non-hydrogen) atoms. The maximum absolute atomic E-state index is 12.7. The van der Waals surface area contributed by atoms with E-state index in [0.717, 1.165) is 17.7 Å². The van der Waals surface area contributed by atoms with Crippen LogP contribution in [-0.4, -0.2) is 17.0 Å². The van der Waals surface area contributed by atoms with Crippen LogP contribution < -0.4 is 10.8 Å². The Labute approximate surface area is 148 Å². The number of hydroxylamine groups is 1. The molecule has 3 N–H and O–H groups in total. The molecule has 0 aliphatic rings. The van der Waals surface area contributed by atoms with Crippen molar-refractivity contribution in [2.75, 3.05) is 5.32 Å². The van der Waals surface area contributed by atoms with Gasteiger partial charge in [-0.1, -0.05) is 44.2 Å². The normalized spacial score (nSPS) is 11.8. The highest BCUT2D eigenvalue weighted by Gasteiger charge is 2.20. The van der Waals surface area contributed by atoms with Crippen molar-refractivity contribution in [3.63, 3.8) is 0 Å². The molecule has 0 bridgehead atoms. The lowest BCUT2D eigenvalue weighted by Crippen LogP contribution is -2.26. The number of hydrogen-bond donors (Lipinski definition) is 3. The average molecular weight is 340 g/mol. The first-order chi connectivity index (χ1) is 12.0. The van der Waals surface area contributed by atoms with Crippen LogP contribution in [0.5, 0.6) is 0 Å². The van der Waals surface area contributed by atoms with Gasteiger partial charge in [0.25, 0.3) is 5.91 Å². The van der Waals surface area contributed by atoms with Crippen LogP contribution in [0.25, 0.3) is 0 Å². The summed E-state index contributed by atoms with van der Waals surface area (Å²) in [7, 11) is 0. The number of para-hydroxylation sites is 1. The molecule has 1 atom stereocenters. The van der Waals surface area contributed by atoms with Crippen LogP contribution >= 0.6 is 0 Å². The molecular formula is C20H24N2O3. The van der Waals surface area contributed by atoms with Crippen molar-refractivity contribution < 1.29 is 14.8 Å². The third kappa shape index (κ3) is 5.72. The third-order valence-corrected chi connectivity index (χ3v) is 3.97. The van der Waals surface area contributed by atoms with Crippen LogP contribution in [0, 0.1) is 11.8 Å². The summed E-state index contributed by atoms with van der Waals surface area (Å²) in [5.41, 5.74) is 3.75. The van der Waals surface area contributed by atoms with Gasteiger partial charge in [-0.15, -0.1) is 0 Å². The van der Waals surface area contributed by atoms with Crippen LogP contribution in [0.4, 0.5) is 5.69 Å². The van der Waals surface area contributed by atoms with E-state index >= 15 is 0 Å². The van der Waals surface area contributed by atoms with Gasteiger partial charge in [-0.2, -0.15) is 0 Å². The number of anilines is 1. The SMILES string of the molecule is CC(C)CC(Cc1ccc(C(=O)NO)cc1)C(=O)Nc1ccccc1. The van der Waals surface area contributed by atoms with Crippen molar-refractivity contribution in [2.24, 2.45) is 11.8 Å². The van der Waals surface area contributed by atoms with E-state index in [1.165, 1.54) is 0 Å². The van der Waals surface area contributed by atoms with E-state index in [1.807, 2.05) is 42.5 Å². The van der Waals surface area contributed by atoms with Gasteiger partial charge in [-0.25, -0.2) is 5.48 Å². The lowest BCUT2D eigenvalue weighted by Gasteiger charge is -2.19. The molecule has 5 heteroatoms. The molecule has 0 fully saturated rings. The molecule has 0 spiro atoms. The van der Waals surface area contributed by atoms with Gasteiger partial charge < -0.3 is 5.32 Å². The minimum absolute atomic E-state index is 0.00271. The van der Waals surface area contributed by atoms with E-state index in [-0.39, 0.29) is 11.8 Å². The van der Waals surface area contributed by atoms with Gasteiger partial charge in [0, 0.05) is 17.2 Å². The highest BCUT2D eigenvalue weighted by molar-refractivity contribution is 5.93. The number of nitrogens with one attached hydrogen (secondary N) is 2. The van der Waals surface area contributed by atoms with Gasteiger partial charge in [-0.3, -0.25) is 14.8 Å². The zero-order valence-electron chi connectivity index (χ0n) is 14.5. The Morgan fingerprint density at radius 2 is 1.64 bits per heavy atom. The lowest BCUT2D eigenvalue weighted by atomic mass is 9.90. The van der Waals surface area contributed by atoms with E-state index in [4.69, 9.17) is 5.21 Å². The molecule has 0 heterocycles. The largest absolute Gasteiger partial charge is 0.326 e. The number of hydrogen-bond acceptors (Lipinski definition) is 3. The summed E-state index contributed by atoms with van der Waals surface area (Å²) in [5.74, 6) is -0.312. The first-order valence-corrected chi connectivity index (χ1v) is 8.39. The smallest absolute Gasteiger partial charge is 0.274 e. The summed E-state index contributed by atoms with van der Waals surface area (Å²) in [4.78, 5) is 24.0. The highest BCUT2D eigenvalue weighted by atomic mass is 16.5. The standard InChI is InChI=1S/C20H24N2O3/c1-14(2)12-17(19(23)21-18-6-4-3-5-7-18)13-15-8-10-16(11-9-15)20(24)22-25/h3-11,14,17,25H,12-13H2,1-2H3,(H,21,23)(H,22,24). The summed E-state index contributed by atoms with van der Waals surface area (Å²) < 4.78 is 0. The molecule has 2 rings (SSSR count). The number of carbonyl (C=O) groups is 2. The number of amides is 2. The second-order valence-corrected chi connectivity index (χ2v) is 6.52. The van der Waals surface area contributed by atoms with Crippen molar-refractivity contribution in [3.8, 4) is 0 Å². The lowest BCUT2D eigenvalue weighted by molar-refractivity contribution is -0.120. The molecule has 2 aromatic carbocycles. The fourth-order valence-corrected chi connectivity index (χ4v) is 2.76. The molecule has 2 aromatic rings. The Bertz CT molecular complexity index is 697. The molecule has 0 aromatic heterocycles. The van der Waals surface area contributed by atoms with Crippen molar-refractivity contribution in [3.05, 3.63) is 65.7 Å². The Hall–Kier alpha value is -2.66. The molecule has 1 unspecified atom stereocenters. The zero-order valence-corrected chi connectivity index (χ0v) is 14.5. The fraction of sp³-hybridized carbons (Fsp3) is 0.300. The maximum atomic E-state index is 12.7. The minimum atomic E-state index is -0.549. The second kappa shape index (κ2) is 8.99. The van der Waals surface area contributed by atoms with Crippen molar-refractivity contribution in [1.29, 1.82) is 0 Å². The van der Waals surface area contributed by atoms with Gasteiger partial charge in [0.2, 0.25) is 5.91 Å². The summed E-state index contributed by atoms with van der Waals surface area (Å²) in [6.45, 7) is 4.19. The first kappa shape index (κ1) is 18.7. The summed E-state index contributed by atoms with van der Waals surface area (Å²) in [5, 5.41) is 11.6. The predicted molar refractivity (Wildman–Crippen MR) is 97.4 cm³/mol. The zero-order chi connectivity index (χ0) is 18.2. The summed E-state index contributed by atoms with van der Waals surface area (Å²) in [6, 6.07) is 16.3. The van der Waals surface area contributed by atoms with Crippen LogP contribution in [-0.2, 0) is 11.2 Å². The van der Waals surface area contributed by atoms with Gasteiger partial charge in [-0.05, 0) is 48.6 Å². The molecule has 0 aliphatic heterocycles. The molecule has 132 valence electrons. The van der Waals surface area contributed by atoms with Gasteiger partial charge in [0.1, 0.15) is 0 Å². The number of benzene rings is 2. The van der Waals surface area contributed by atoms with E-state index in [0.29, 0.717) is 17.9 Å². The van der Waals surface area contributed by atoms with Crippen LogP contribution in [0.1, 0.15) is 36.2 Å². The third-order valence-electron chi connectivity index (χ3n) is 3.97. The Balaban J connectivity index is 2.09. The van der Waals surface area contributed by atoms with Crippen molar-refractivity contribution in [1.82, 2.24) is 5.48 Å². The molecular weight excluding hydrogens is 316 g/mol. The van der Waals surface area contributed by atoms with E-state index < -0.39 is 5.91 Å². The quantitative estimate of drug-likeness (QED) is 0.532. The van der Waals surface area contributed by atoms with Gasteiger partial charge >= 0.3 is 0 Å². The Kier molecular flexibility index (Phi) is 6.71. The monoisotopic (exact) mass is 340 g/mol. The molecule has 2 amide bonds. The molecule has 0 saturated heterocycles. The van der Waals surface area contributed by atoms with Crippen LogP contribution in [0.2, 0.25) is 0 Å². The summed E-state index contributed by atoms with van der Waals surface area (Å²) in [6.07, 6.45) is 1.37. The average Bonchev–Trinajstić information content (AvgIpc) is 2.61. The maximum Gasteiger partial charge on any atom is 0.274 e. The Morgan fingerprint density at radius 1 is 1.00 bits per heavy atom. The van der Waals surface area contributed by atoms with Gasteiger partial charge in [0.05, 0.1) is 0 Å². The van der Waals surface area contributed by atoms with E-state index in [9.17, 15) is 9.59 Å². The van der Waals surface area contributed by atoms with Crippen LogP contribution in [0.3, 0.4) is 0 Å². The van der Waals surface area contributed by atoms with Gasteiger partial charge in [0.15, 0.2) is 0 Å². The van der Waals surface area contributed by atoms with E-state index in [2.05, 4.69) is 19.2 Å². The number of rotatable bonds is 7. The molecule has 0 radical (unpaired) electrons. The summed E-state index contributed by atoms with van der Waals surface area (Å²) >= 11 is 0. The minimum Gasteiger partial charge on any atom is -0.326 e. The highest BCUT2D eigenvalue weighted by Crippen LogP contribution is 2.20. The van der Waals surface area contributed by atoms with Crippen molar-refractivity contribution in [2.45, 2.75) is 26.7 Å². The fourth-order valence-electron chi connectivity index (χ4n) is 2.76. The number of carbonyl (C=O) groups excluding carboxylic acids is 2.